The predicted octanol–water partition coefficient (Wildman–Crippen LogP) is 2.39. The molecule has 0 bridgehead atoms. The zero-order valence-electron chi connectivity index (χ0n) is 14.2. The van der Waals surface area contributed by atoms with Crippen LogP contribution in [0.5, 0.6) is 0 Å². The van der Waals surface area contributed by atoms with Gasteiger partial charge in [0.05, 0.1) is 6.04 Å². The van der Waals surface area contributed by atoms with E-state index < -0.39 is 6.04 Å². The Morgan fingerprint density at radius 3 is 2.46 bits per heavy atom. The topological polar surface area (TPSA) is 78.7 Å². The van der Waals surface area contributed by atoms with Gasteiger partial charge in [-0.2, -0.15) is 0 Å². The standard InChI is InChI=1S/C17H25ClN4O2/c1-3-12(2)15(19)16(23)21-7-9-22(10-8-21)17(24)20-14-6-4-5-13(18)11-14/h4-6,11-12,15H,3,7-10,19H2,1-2H3,(H,20,24)/t12-,15-/m1/s1. The number of rotatable bonds is 4. The second-order valence-electron chi connectivity index (χ2n) is 6.16. The van der Waals surface area contributed by atoms with Crippen molar-refractivity contribution in [2.75, 3.05) is 31.5 Å². The van der Waals surface area contributed by atoms with Crippen LogP contribution in [0.25, 0.3) is 0 Å². The van der Waals surface area contributed by atoms with E-state index in [0.29, 0.717) is 36.9 Å². The van der Waals surface area contributed by atoms with Gasteiger partial charge in [-0.05, 0) is 24.1 Å². The molecule has 1 saturated heterocycles. The lowest BCUT2D eigenvalue weighted by Crippen LogP contribution is -2.56. The molecular formula is C17H25ClN4O2. The molecule has 1 aromatic carbocycles. The van der Waals surface area contributed by atoms with Crippen molar-refractivity contribution in [3.05, 3.63) is 29.3 Å². The fourth-order valence-electron chi connectivity index (χ4n) is 2.61. The van der Waals surface area contributed by atoms with E-state index in [2.05, 4.69) is 5.32 Å². The fourth-order valence-corrected chi connectivity index (χ4v) is 2.80. The number of hydrogen-bond acceptors (Lipinski definition) is 3. The molecule has 6 nitrogen and oxygen atoms in total. The third-order valence-corrected chi connectivity index (χ3v) is 4.73. The first kappa shape index (κ1) is 18.5. The van der Waals surface area contributed by atoms with E-state index in [1.54, 1.807) is 34.1 Å². The first-order chi connectivity index (χ1) is 11.4. The van der Waals surface area contributed by atoms with Crippen LogP contribution in [-0.2, 0) is 4.79 Å². The van der Waals surface area contributed by atoms with Gasteiger partial charge in [-0.25, -0.2) is 4.79 Å². The van der Waals surface area contributed by atoms with Crippen LogP contribution in [-0.4, -0.2) is 54.0 Å². The molecule has 132 valence electrons. The molecule has 0 saturated carbocycles. The van der Waals surface area contributed by atoms with Gasteiger partial charge in [-0.1, -0.05) is 37.9 Å². The lowest BCUT2D eigenvalue weighted by Gasteiger charge is -2.36. The maximum absolute atomic E-state index is 12.4. The molecule has 2 rings (SSSR count). The van der Waals surface area contributed by atoms with E-state index in [1.165, 1.54) is 0 Å². The van der Waals surface area contributed by atoms with Gasteiger partial charge in [-0.3, -0.25) is 4.79 Å². The number of anilines is 1. The van der Waals surface area contributed by atoms with Crippen molar-refractivity contribution in [2.24, 2.45) is 11.7 Å². The Morgan fingerprint density at radius 2 is 1.88 bits per heavy atom. The maximum atomic E-state index is 12.4. The smallest absolute Gasteiger partial charge is 0.321 e. The van der Waals surface area contributed by atoms with Crippen molar-refractivity contribution in [1.82, 2.24) is 9.80 Å². The van der Waals surface area contributed by atoms with E-state index in [4.69, 9.17) is 17.3 Å². The molecule has 0 spiro atoms. The first-order valence-electron chi connectivity index (χ1n) is 8.28. The number of urea groups is 1. The summed E-state index contributed by atoms with van der Waals surface area (Å²) in [5, 5.41) is 3.39. The van der Waals surface area contributed by atoms with Crippen molar-refractivity contribution in [1.29, 1.82) is 0 Å². The zero-order chi connectivity index (χ0) is 17.7. The summed E-state index contributed by atoms with van der Waals surface area (Å²) >= 11 is 5.91. The van der Waals surface area contributed by atoms with Gasteiger partial charge in [0.1, 0.15) is 0 Å². The highest BCUT2D eigenvalue weighted by molar-refractivity contribution is 6.30. The quantitative estimate of drug-likeness (QED) is 0.873. The van der Waals surface area contributed by atoms with E-state index >= 15 is 0 Å². The average molecular weight is 353 g/mol. The van der Waals surface area contributed by atoms with Crippen LogP contribution in [0.1, 0.15) is 20.3 Å². The number of piperazine rings is 1. The van der Waals surface area contributed by atoms with Gasteiger partial charge in [0.2, 0.25) is 5.91 Å². The van der Waals surface area contributed by atoms with Crippen LogP contribution in [0.3, 0.4) is 0 Å². The summed E-state index contributed by atoms with van der Waals surface area (Å²) in [5.74, 6) is 0.126. The maximum Gasteiger partial charge on any atom is 0.321 e. The lowest BCUT2D eigenvalue weighted by atomic mass is 9.98. The van der Waals surface area contributed by atoms with Gasteiger partial charge in [0, 0.05) is 36.9 Å². The Bertz CT molecular complexity index is 588. The number of amides is 3. The molecule has 0 aromatic heterocycles. The normalized spacial score (nSPS) is 17.3. The molecule has 24 heavy (non-hydrogen) atoms. The van der Waals surface area contributed by atoms with Crippen LogP contribution in [0.2, 0.25) is 5.02 Å². The Balaban J connectivity index is 1.86. The van der Waals surface area contributed by atoms with Gasteiger partial charge >= 0.3 is 6.03 Å². The molecule has 3 N–H and O–H groups in total. The molecule has 1 aromatic rings. The summed E-state index contributed by atoms with van der Waals surface area (Å²) in [7, 11) is 0. The van der Waals surface area contributed by atoms with Crippen LogP contribution in [0, 0.1) is 5.92 Å². The number of nitrogens with two attached hydrogens (primary N) is 1. The van der Waals surface area contributed by atoms with Gasteiger partial charge < -0.3 is 20.9 Å². The molecule has 2 atom stereocenters. The minimum atomic E-state index is -0.471. The molecule has 1 fully saturated rings. The first-order valence-corrected chi connectivity index (χ1v) is 8.66. The Kier molecular flexibility index (Phi) is 6.45. The van der Waals surface area contributed by atoms with Crippen molar-refractivity contribution < 1.29 is 9.59 Å². The fraction of sp³-hybridized carbons (Fsp3) is 0.529. The number of carbonyl (C=O) groups is 2. The van der Waals surface area contributed by atoms with E-state index in [-0.39, 0.29) is 17.9 Å². The summed E-state index contributed by atoms with van der Waals surface area (Å²) in [5.41, 5.74) is 6.67. The minimum absolute atomic E-state index is 0.0285. The van der Waals surface area contributed by atoms with Crippen LogP contribution >= 0.6 is 11.6 Å². The minimum Gasteiger partial charge on any atom is -0.338 e. The van der Waals surface area contributed by atoms with Crippen LogP contribution < -0.4 is 11.1 Å². The molecule has 0 radical (unpaired) electrons. The highest BCUT2D eigenvalue weighted by atomic mass is 35.5. The average Bonchev–Trinajstić information content (AvgIpc) is 2.59. The summed E-state index contributed by atoms with van der Waals surface area (Å²) in [4.78, 5) is 28.1. The molecule has 0 aliphatic carbocycles. The van der Waals surface area contributed by atoms with Gasteiger partial charge in [0.15, 0.2) is 0 Å². The molecule has 1 heterocycles. The number of carbonyl (C=O) groups excluding carboxylic acids is 2. The molecule has 0 unspecified atom stereocenters. The number of halogens is 1. The summed E-state index contributed by atoms with van der Waals surface area (Å²) < 4.78 is 0. The summed E-state index contributed by atoms with van der Waals surface area (Å²) in [6.07, 6.45) is 0.870. The molecule has 3 amide bonds. The van der Waals surface area contributed by atoms with Crippen molar-refractivity contribution in [3.8, 4) is 0 Å². The van der Waals surface area contributed by atoms with Crippen LogP contribution in [0.15, 0.2) is 24.3 Å². The molecule has 7 heteroatoms. The highest BCUT2D eigenvalue weighted by Crippen LogP contribution is 2.16. The molecule has 1 aliphatic heterocycles. The van der Waals surface area contributed by atoms with Crippen LogP contribution in [0.4, 0.5) is 10.5 Å². The summed E-state index contributed by atoms with van der Waals surface area (Å²) in [6.45, 7) is 6.00. The largest absolute Gasteiger partial charge is 0.338 e. The van der Waals surface area contributed by atoms with Gasteiger partial charge in [-0.15, -0.1) is 0 Å². The Morgan fingerprint density at radius 1 is 1.25 bits per heavy atom. The van der Waals surface area contributed by atoms with E-state index in [1.807, 2.05) is 13.8 Å². The van der Waals surface area contributed by atoms with E-state index in [0.717, 1.165) is 6.42 Å². The second-order valence-corrected chi connectivity index (χ2v) is 6.60. The SMILES string of the molecule is CC[C@@H](C)[C@@H](N)C(=O)N1CCN(C(=O)Nc2cccc(Cl)c2)CC1. The number of hydrogen-bond donors (Lipinski definition) is 2. The number of nitrogens with one attached hydrogen (secondary N) is 1. The number of benzene rings is 1. The summed E-state index contributed by atoms with van der Waals surface area (Å²) in [6, 6.07) is 6.36. The monoisotopic (exact) mass is 352 g/mol. The van der Waals surface area contributed by atoms with Crippen molar-refractivity contribution in [3.63, 3.8) is 0 Å². The lowest BCUT2D eigenvalue weighted by molar-refractivity contribution is -0.135. The van der Waals surface area contributed by atoms with Crippen molar-refractivity contribution >= 4 is 29.2 Å². The van der Waals surface area contributed by atoms with Crippen molar-refractivity contribution in [2.45, 2.75) is 26.3 Å². The third-order valence-electron chi connectivity index (χ3n) is 4.50. The highest BCUT2D eigenvalue weighted by Gasteiger charge is 2.29. The Labute approximate surface area is 147 Å². The Hall–Kier alpha value is -1.79. The molecule has 1 aliphatic rings. The molecular weight excluding hydrogens is 328 g/mol. The second kappa shape index (κ2) is 8.35. The van der Waals surface area contributed by atoms with Gasteiger partial charge in [0.25, 0.3) is 0 Å². The third kappa shape index (κ3) is 4.61. The zero-order valence-corrected chi connectivity index (χ0v) is 14.9. The predicted molar refractivity (Wildman–Crippen MR) is 96.1 cm³/mol. The van der Waals surface area contributed by atoms with E-state index in [9.17, 15) is 9.59 Å². The number of nitrogens with zero attached hydrogens (tertiary/aromatic N) is 2.